The first-order valence-corrected chi connectivity index (χ1v) is 8.19. The van der Waals surface area contributed by atoms with Gasteiger partial charge in [0.25, 0.3) is 0 Å². The summed E-state index contributed by atoms with van der Waals surface area (Å²) in [4.78, 5) is 0. The predicted molar refractivity (Wildman–Crippen MR) is 89.0 cm³/mol. The van der Waals surface area contributed by atoms with Crippen LogP contribution in [0.5, 0.6) is 0 Å². The van der Waals surface area contributed by atoms with Crippen molar-refractivity contribution in [2.45, 2.75) is 77.3 Å². The second kappa shape index (κ2) is 10.5. The van der Waals surface area contributed by atoms with E-state index in [2.05, 4.69) is 30.6 Å². The molecule has 0 saturated carbocycles. The third-order valence-electron chi connectivity index (χ3n) is 3.46. The van der Waals surface area contributed by atoms with E-state index in [-0.39, 0.29) is 18.8 Å². The van der Waals surface area contributed by atoms with E-state index in [1.165, 1.54) is 25.7 Å². The van der Waals surface area contributed by atoms with Crippen LogP contribution in [0.25, 0.3) is 0 Å². The normalized spacial score (nSPS) is 22.9. The number of aliphatic hydroxyl groups excluding tert-OH is 1. The zero-order chi connectivity index (χ0) is 16.3. The van der Waals surface area contributed by atoms with E-state index in [1.807, 2.05) is 13.8 Å². The molecule has 3 nitrogen and oxygen atoms in total. The Balaban J connectivity index is 2.45. The van der Waals surface area contributed by atoms with Gasteiger partial charge in [-0.05, 0) is 38.2 Å². The molecule has 1 saturated heterocycles. The smallest absolute Gasteiger partial charge is 0.163 e. The maximum absolute atomic E-state index is 8.57. The van der Waals surface area contributed by atoms with Gasteiger partial charge in [-0.25, -0.2) is 0 Å². The molecular weight excluding hydrogens is 276 g/mol. The second-order valence-corrected chi connectivity index (χ2v) is 5.92. The third-order valence-corrected chi connectivity index (χ3v) is 3.46. The van der Waals surface area contributed by atoms with Crippen molar-refractivity contribution in [1.82, 2.24) is 0 Å². The molecule has 0 aromatic rings. The molecule has 0 aromatic heterocycles. The Morgan fingerprint density at radius 3 is 2.59 bits per heavy atom. The lowest BCUT2D eigenvalue weighted by Gasteiger charge is -2.16. The molecule has 1 fully saturated rings. The number of allylic oxidation sites excluding steroid dienone is 1. The third kappa shape index (κ3) is 7.66. The van der Waals surface area contributed by atoms with Gasteiger partial charge in [0.2, 0.25) is 0 Å². The number of unbranched alkanes of at least 4 members (excludes halogenated alkanes) is 3. The van der Waals surface area contributed by atoms with Crippen LogP contribution in [0.4, 0.5) is 0 Å². The highest BCUT2D eigenvalue weighted by Crippen LogP contribution is 2.32. The molecule has 1 rings (SSSR count). The molecule has 22 heavy (non-hydrogen) atoms. The summed E-state index contributed by atoms with van der Waals surface area (Å²) in [6.45, 7) is 6.13. The Morgan fingerprint density at radius 1 is 1.09 bits per heavy atom. The lowest BCUT2D eigenvalue weighted by Crippen LogP contribution is -2.21. The lowest BCUT2D eigenvalue weighted by atomic mass is 10.0. The van der Waals surface area contributed by atoms with Crippen LogP contribution >= 0.6 is 0 Å². The van der Waals surface area contributed by atoms with Crippen molar-refractivity contribution in [3.63, 3.8) is 0 Å². The van der Waals surface area contributed by atoms with E-state index in [9.17, 15) is 0 Å². The number of ether oxygens (including phenoxy) is 2. The molecule has 0 aliphatic carbocycles. The van der Waals surface area contributed by atoms with Gasteiger partial charge < -0.3 is 14.6 Å². The van der Waals surface area contributed by atoms with Crippen molar-refractivity contribution in [3.05, 3.63) is 12.2 Å². The summed E-state index contributed by atoms with van der Waals surface area (Å²) < 4.78 is 11.9. The fourth-order valence-corrected chi connectivity index (χ4v) is 2.48. The highest BCUT2D eigenvalue weighted by Gasteiger charge is 2.40. The van der Waals surface area contributed by atoms with Gasteiger partial charge in [-0.1, -0.05) is 50.5 Å². The van der Waals surface area contributed by atoms with Crippen LogP contribution in [0, 0.1) is 23.7 Å². The van der Waals surface area contributed by atoms with Crippen molar-refractivity contribution in [2.75, 3.05) is 6.61 Å². The van der Waals surface area contributed by atoms with Gasteiger partial charge in [-0.3, -0.25) is 0 Å². The lowest BCUT2D eigenvalue weighted by molar-refractivity contribution is -0.146. The van der Waals surface area contributed by atoms with Crippen LogP contribution in [0.1, 0.15) is 59.3 Å². The van der Waals surface area contributed by atoms with Crippen LogP contribution in [-0.4, -0.2) is 29.7 Å². The Morgan fingerprint density at radius 2 is 1.86 bits per heavy atom. The van der Waals surface area contributed by atoms with Crippen LogP contribution in [0.3, 0.4) is 0 Å². The topological polar surface area (TPSA) is 38.7 Å². The van der Waals surface area contributed by atoms with Gasteiger partial charge in [0.1, 0.15) is 0 Å². The fourth-order valence-electron chi connectivity index (χ4n) is 2.48. The molecule has 0 aromatic carbocycles. The minimum Gasteiger partial charge on any atom is -0.392 e. The van der Waals surface area contributed by atoms with Crippen molar-refractivity contribution in [3.8, 4) is 23.7 Å². The molecule has 3 heteroatoms. The summed E-state index contributed by atoms with van der Waals surface area (Å²) in [5, 5.41) is 8.57. The molecule has 122 valence electrons. The molecule has 0 spiro atoms. The van der Waals surface area contributed by atoms with E-state index < -0.39 is 5.79 Å². The van der Waals surface area contributed by atoms with E-state index in [4.69, 9.17) is 14.6 Å². The van der Waals surface area contributed by atoms with E-state index in [1.54, 1.807) is 12.2 Å². The summed E-state index contributed by atoms with van der Waals surface area (Å²) in [7, 11) is 0. The molecule has 0 amide bonds. The Hall–Kier alpha value is -1.26. The largest absolute Gasteiger partial charge is 0.392 e. The zero-order valence-corrected chi connectivity index (χ0v) is 14.0. The average molecular weight is 304 g/mol. The second-order valence-electron chi connectivity index (χ2n) is 5.92. The van der Waals surface area contributed by atoms with Gasteiger partial charge in [0.15, 0.2) is 5.79 Å². The summed E-state index contributed by atoms with van der Waals surface area (Å²) in [6.07, 6.45) is 9.94. The highest BCUT2D eigenvalue weighted by molar-refractivity contribution is 5.30. The molecule has 0 unspecified atom stereocenters. The highest BCUT2D eigenvalue weighted by atomic mass is 16.7. The Kier molecular flexibility index (Phi) is 8.94. The maximum Gasteiger partial charge on any atom is 0.163 e. The van der Waals surface area contributed by atoms with Gasteiger partial charge in [0.05, 0.1) is 18.8 Å². The number of rotatable bonds is 7. The minimum absolute atomic E-state index is 0.00412. The Labute approximate surface area is 135 Å². The first-order valence-electron chi connectivity index (χ1n) is 8.19. The van der Waals surface area contributed by atoms with Crippen LogP contribution in [0.15, 0.2) is 12.2 Å². The van der Waals surface area contributed by atoms with Crippen LogP contribution in [0.2, 0.25) is 0 Å². The molecule has 1 heterocycles. The summed E-state index contributed by atoms with van der Waals surface area (Å²) in [5.74, 6) is 10.8. The van der Waals surface area contributed by atoms with E-state index in [0.29, 0.717) is 6.42 Å². The first kappa shape index (κ1) is 18.8. The molecule has 1 aliphatic rings. The molecular formula is C19H28O3. The van der Waals surface area contributed by atoms with Crippen molar-refractivity contribution in [2.24, 2.45) is 0 Å². The van der Waals surface area contributed by atoms with Crippen molar-refractivity contribution >= 4 is 0 Å². The maximum atomic E-state index is 8.57. The molecule has 0 bridgehead atoms. The first-order chi connectivity index (χ1) is 10.6. The molecule has 2 atom stereocenters. The summed E-state index contributed by atoms with van der Waals surface area (Å²) in [5.41, 5.74) is 0. The van der Waals surface area contributed by atoms with Gasteiger partial charge >= 0.3 is 0 Å². The SMILES string of the molecule is CCCCCC[C@H]1OC(C)(C)O[C@@H]1CC#CC#C/C=C/CO. The van der Waals surface area contributed by atoms with Gasteiger partial charge in [0, 0.05) is 6.42 Å². The quantitative estimate of drug-likeness (QED) is 0.578. The van der Waals surface area contributed by atoms with Gasteiger partial charge in [-0.2, -0.15) is 0 Å². The average Bonchev–Trinajstić information content (AvgIpc) is 2.77. The summed E-state index contributed by atoms with van der Waals surface area (Å²) >= 11 is 0. The van der Waals surface area contributed by atoms with E-state index in [0.717, 1.165) is 6.42 Å². The number of hydrogen-bond acceptors (Lipinski definition) is 3. The van der Waals surface area contributed by atoms with Crippen molar-refractivity contribution in [1.29, 1.82) is 0 Å². The summed E-state index contributed by atoms with van der Waals surface area (Å²) in [6, 6.07) is 0. The minimum atomic E-state index is -0.517. The van der Waals surface area contributed by atoms with Crippen molar-refractivity contribution < 1.29 is 14.6 Å². The molecule has 1 aliphatic heterocycles. The zero-order valence-electron chi connectivity index (χ0n) is 14.0. The number of aliphatic hydroxyl groups is 1. The molecule has 0 radical (unpaired) electrons. The van der Waals surface area contributed by atoms with Crippen LogP contribution < -0.4 is 0 Å². The number of hydrogen-bond donors (Lipinski definition) is 1. The predicted octanol–water partition coefficient (Wildman–Crippen LogP) is 3.42. The monoisotopic (exact) mass is 304 g/mol. The van der Waals surface area contributed by atoms with Crippen LogP contribution in [-0.2, 0) is 9.47 Å². The Bertz CT molecular complexity index is 457. The standard InChI is InChI=1S/C19H28O3/c1-4-5-6-11-14-17-18(22-19(2,3)21-17)15-12-9-7-8-10-13-16-20/h10,13,17-18,20H,4-6,11,14-16H2,1-3H3/b13-10+/t17-,18-/m1/s1. The fraction of sp³-hybridized carbons (Fsp3) is 0.684. The van der Waals surface area contributed by atoms with Gasteiger partial charge in [-0.15, -0.1) is 0 Å². The molecule has 1 N–H and O–H groups in total. The van der Waals surface area contributed by atoms with E-state index >= 15 is 0 Å².